The van der Waals surface area contributed by atoms with Crippen molar-refractivity contribution < 1.29 is 4.79 Å². The number of hydrogen-bond acceptors (Lipinski definition) is 6. The first-order valence-electron chi connectivity index (χ1n) is 4.10. The van der Waals surface area contributed by atoms with Crippen molar-refractivity contribution >= 4 is 29.2 Å². The smallest absolute Gasteiger partial charge is 0.191 e. The average Bonchev–Trinajstić information content (AvgIpc) is 2.01. The molecule has 5 nitrogen and oxygen atoms in total. The van der Waals surface area contributed by atoms with E-state index in [-0.39, 0.29) is 5.78 Å². The number of hydrogen-bond donors (Lipinski definition) is 2. The lowest BCUT2D eigenvalue weighted by Gasteiger charge is -2.01. The maximum Gasteiger partial charge on any atom is 0.191 e. The second kappa shape index (κ2) is 4.80. The van der Waals surface area contributed by atoms with Gasteiger partial charge in [0.2, 0.25) is 0 Å². The molecule has 0 aromatic carbocycles. The fraction of sp³-hybridized carbons (Fsp3) is 0.375. The van der Waals surface area contributed by atoms with E-state index in [1.54, 1.807) is 6.92 Å². The molecule has 1 aromatic heterocycles. The van der Waals surface area contributed by atoms with E-state index in [1.165, 1.54) is 17.8 Å². The Labute approximate surface area is 86.3 Å². The van der Waals surface area contributed by atoms with Crippen molar-refractivity contribution in [3.05, 3.63) is 6.07 Å². The summed E-state index contributed by atoms with van der Waals surface area (Å²) in [5.74, 6) is 1.50. The van der Waals surface area contributed by atoms with Crippen LogP contribution in [0.1, 0.15) is 13.3 Å². The predicted octanol–water partition coefficient (Wildman–Crippen LogP) is 0.712. The van der Waals surface area contributed by atoms with Crippen LogP contribution in [0.15, 0.2) is 11.2 Å². The molecule has 0 aliphatic carbocycles. The van der Waals surface area contributed by atoms with Gasteiger partial charge in [0.25, 0.3) is 0 Å². The Balaban J connectivity index is 2.54. The quantitative estimate of drug-likeness (QED) is 0.564. The van der Waals surface area contributed by atoms with Gasteiger partial charge < -0.3 is 11.5 Å². The van der Waals surface area contributed by atoms with Crippen LogP contribution in [-0.2, 0) is 4.79 Å². The van der Waals surface area contributed by atoms with Gasteiger partial charge >= 0.3 is 0 Å². The van der Waals surface area contributed by atoms with Gasteiger partial charge in [0, 0.05) is 18.2 Å². The van der Waals surface area contributed by atoms with Crippen LogP contribution >= 0.6 is 11.8 Å². The molecule has 0 aliphatic heterocycles. The minimum absolute atomic E-state index is 0.148. The summed E-state index contributed by atoms with van der Waals surface area (Å²) in [5, 5.41) is 0.517. The number of nitrogens with two attached hydrogens (primary N) is 2. The summed E-state index contributed by atoms with van der Waals surface area (Å²) in [4.78, 5) is 18.6. The fourth-order valence-electron chi connectivity index (χ4n) is 0.813. The number of carbonyl (C=O) groups excluding carboxylic acids is 1. The first-order chi connectivity index (χ1) is 6.58. The van der Waals surface area contributed by atoms with E-state index in [0.29, 0.717) is 29.0 Å². The van der Waals surface area contributed by atoms with E-state index in [9.17, 15) is 4.79 Å². The van der Waals surface area contributed by atoms with Crippen molar-refractivity contribution in [3.8, 4) is 0 Å². The molecule has 1 heterocycles. The van der Waals surface area contributed by atoms with E-state index in [4.69, 9.17) is 11.5 Å². The molecule has 0 bridgehead atoms. The molecule has 0 aliphatic rings. The Morgan fingerprint density at radius 2 is 2.00 bits per heavy atom. The van der Waals surface area contributed by atoms with E-state index < -0.39 is 0 Å². The molecule has 4 N–H and O–H groups in total. The van der Waals surface area contributed by atoms with Crippen molar-refractivity contribution in [1.29, 1.82) is 0 Å². The van der Waals surface area contributed by atoms with Crippen molar-refractivity contribution in [3.63, 3.8) is 0 Å². The van der Waals surface area contributed by atoms with Crippen molar-refractivity contribution in [1.82, 2.24) is 9.97 Å². The van der Waals surface area contributed by atoms with Crippen molar-refractivity contribution in [2.24, 2.45) is 0 Å². The third-order valence-electron chi connectivity index (χ3n) is 1.43. The van der Waals surface area contributed by atoms with Crippen LogP contribution < -0.4 is 11.5 Å². The monoisotopic (exact) mass is 212 g/mol. The zero-order valence-electron chi connectivity index (χ0n) is 7.86. The molecule has 0 saturated carbocycles. The molecule has 0 unspecified atom stereocenters. The van der Waals surface area contributed by atoms with Crippen LogP contribution in [0.4, 0.5) is 11.6 Å². The van der Waals surface area contributed by atoms with Gasteiger partial charge in [0.1, 0.15) is 17.4 Å². The number of carbonyl (C=O) groups is 1. The number of thioether (sulfide) groups is 1. The topological polar surface area (TPSA) is 94.9 Å². The normalized spacial score (nSPS) is 10.1. The van der Waals surface area contributed by atoms with Gasteiger partial charge in [0.15, 0.2) is 5.16 Å². The average molecular weight is 212 g/mol. The first kappa shape index (κ1) is 10.8. The van der Waals surface area contributed by atoms with E-state index in [1.807, 2.05) is 0 Å². The van der Waals surface area contributed by atoms with Gasteiger partial charge in [-0.2, -0.15) is 0 Å². The fourth-order valence-corrected chi connectivity index (χ4v) is 1.72. The highest BCUT2D eigenvalue weighted by molar-refractivity contribution is 7.99. The molecule has 6 heteroatoms. The number of rotatable bonds is 4. The van der Waals surface area contributed by atoms with Gasteiger partial charge in [0.05, 0.1) is 0 Å². The highest BCUT2D eigenvalue weighted by Crippen LogP contribution is 2.16. The molecule has 1 rings (SSSR count). The lowest BCUT2D eigenvalue weighted by molar-refractivity contribution is -0.116. The maximum absolute atomic E-state index is 10.7. The van der Waals surface area contributed by atoms with E-state index >= 15 is 0 Å². The molecule has 14 heavy (non-hydrogen) atoms. The molecular formula is C8H12N4OS. The zero-order valence-corrected chi connectivity index (χ0v) is 8.67. The molecule has 1 aromatic rings. The van der Waals surface area contributed by atoms with Gasteiger partial charge in [-0.3, -0.25) is 4.79 Å². The summed E-state index contributed by atoms with van der Waals surface area (Å²) >= 11 is 1.37. The highest BCUT2D eigenvalue weighted by atomic mass is 32.2. The zero-order chi connectivity index (χ0) is 10.6. The lowest BCUT2D eigenvalue weighted by atomic mass is 10.4. The Morgan fingerprint density at radius 3 is 2.50 bits per heavy atom. The third-order valence-corrected chi connectivity index (χ3v) is 2.28. The number of aromatic nitrogens is 2. The van der Waals surface area contributed by atoms with Crippen LogP contribution in [0.5, 0.6) is 0 Å². The van der Waals surface area contributed by atoms with Crippen molar-refractivity contribution in [2.45, 2.75) is 18.5 Å². The molecular weight excluding hydrogens is 200 g/mol. The van der Waals surface area contributed by atoms with Gasteiger partial charge in [-0.15, -0.1) is 0 Å². The maximum atomic E-state index is 10.7. The van der Waals surface area contributed by atoms with Crippen LogP contribution in [0, 0.1) is 0 Å². The van der Waals surface area contributed by atoms with E-state index in [2.05, 4.69) is 9.97 Å². The standard InChI is InChI=1S/C8H12N4OS/c1-5(13)2-3-14-8-11-6(9)4-7(10)12-8/h4H,2-3H2,1H3,(H4,9,10,11,12). The van der Waals surface area contributed by atoms with Crippen LogP contribution in [0.25, 0.3) is 0 Å². The summed E-state index contributed by atoms with van der Waals surface area (Å²) in [5.41, 5.74) is 11.0. The minimum Gasteiger partial charge on any atom is -0.383 e. The number of ketones is 1. The Kier molecular flexibility index (Phi) is 3.70. The molecule has 0 spiro atoms. The number of anilines is 2. The number of Topliss-reactive ketones (excluding diaryl/α,β-unsaturated/α-hetero) is 1. The predicted molar refractivity (Wildman–Crippen MR) is 56.9 cm³/mol. The van der Waals surface area contributed by atoms with Gasteiger partial charge in [-0.25, -0.2) is 9.97 Å². The summed E-state index contributed by atoms with van der Waals surface area (Å²) in [7, 11) is 0. The van der Waals surface area contributed by atoms with E-state index in [0.717, 1.165) is 0 Å². The Bertz CT molecular complexity index is 322. The minimum atomic E-state index is 0.148. The third kappa shape index (κ3) is 3.61. The summed E-state index contributed by atoms with van der Waals surface area (Å²) in [6.07, 6.45) is 0.503. The second-order valence-electron chi connectivity index (χ2n) is 2.80. The van der Waals surface area contributed by atoms with Crippen LogP contribution in [0.2, 0.25) is 0 Å². The summed E-state index contributed by atoms with van der Waals surface area (Å²) in [6, 6.07) is 1.50. The first-order valence-corrected chi connectivity index (χ1v) is 5.09. The Morgan fingerprint density at radius 1 is 1.43 bits per heavy atom. The molecule has 76 valence electrons. The number of nitrogens with zero attached hydrogens (tertiary/aromatic N) is 2. The largest absolute Gasteiger partial charge is 0.383 e. The second-order valence-corrected chi connectivity index (χ2v) is 3.86. The highest BCUT2D eigenvalue weighted by Gasteiger charge is 2.02. The molecule has 0 amide bonds. The molecule has 0 saturated heterocycles. The van der Waals surface area contributed by atoms with Crippen molar-refractivity contribution in [2.75, 3.05) is 17.2 Å². The molecule has 0 radical (unpaired) electrons. The molecule has 0 atom stereocenters. The van der Waals surface area contributed by atoms with Gasteiger partial charge in [-0.1, -0.05) is 11.8 Å². The number of nitrogen functional groups attached to an aromatic ring is 2. The lowest BCUT2D eigenvalue weighted by Crippen LogP contribution is -2.00. The van der Waals surface area contributed by atoms with Crippen LogP contribution in [-0.4, -0.2) is 21.5 Å². The summed E-state index contributed by atoms with van der Waals surface area (Å²) in [6.45, 7) is 1.55. The van der Waals surface area contributed by atoms with Gasteiger partial charge in [-0.05, 0) is 6.92 Å². The Hall–Kier alpha value is -1.30. The van der Waals surface area contributed by atoms with Crippen LogP contribution in [0.3, 0.4) is 0 Å². The SMILES string of the molecule is CC(=O)CCSc1nc(N)cc(N)n1. The summed E-state index contributed by atoms with van der Waals surface area (Å²) < 4.78 is 0. The molecule has 0 fully saturated rings.